The number of halogens is 2. The lowest BCUT2D eigenvalue weighted by atomic mass is 9.92. The van der Waals surface area contributed by atoms with E-state index in [0.717, 1.165) is 11.1 Å². The van der Waals surface area contributed by atoms with Gasteiger partial charge in [0.2, 0.25) is 0 Å². The van der Waals surface area contributed by atoms with Crippen molar-refractivity contribution in [2.45, 2.75) is 24.9 Å². The van der Waals surface area contributed by atoms with Crippen molar-refractivity contribution in [3.63, 3.8) is 0 Å². The van der Waals surface area contributed by atoms with Crippen molar-refractivity contribution in [2.75, 3.05) is 6.61 Å². The van der Waals surface area contributed by atoms with Gasteiger partial charge in [-0.15, -0.1) is 0 Å². The molecule has 0 saturated carbocycles. The predicted molar refractivity (Wildman–Crippen MR) is 75.4 cm³/mol. The van der Waals surface area contributed by atoms with Gasteiger partial charge in [0.1, 0.15) is 23.5 Å². The highest BCUT2D eigenvalue weighted by Crippen LogP contribution is 2.33. The van der Waals surface area contributed by atoms with Crippen LogP contribution in [0.1, 0.15) is 23.5 Å². The highest BCUT2D eigenvalue weighted by atomic mass is 19.1. The second-order valence-electron chi connectivity index (χ2n) is 5.37. The maximum atomic E-state index is 13.3. The van der Waals surface area contributed by atoms with Crippen molar-refractivity contribution in [1.29, 1.82) is 0 Å². The van der Waals surface area contributed by atoms with E-state index in [-0.39, 0.29) is 30.3 Å². The number of hydrogen-bond acceptors (Lipinski definition) is 2. The summed E-state index contributed by atoms with van der Waals surface area (Å²) in [5.41, 5.74) is 1.60. The van der Waals surface area contributed by atoms with Gasteiger partial charge in [-0.1, -0.05) is 12.1 Å². The molecule has 0 radical (unpaired) electrons. The van der Waals surface area contributed by atoms with Crippen molar-refractivity contribution >= 4 is 0 Å². The Morgan fingerprint density at radius 1 is 1.14 bits per heavy atom. The van der Waals surface area contributed by atoms with E-state index < -0.39 is 0 Å². The van der Waals surface area contributed by atoms with Crippen LogP contribution in [0.2, 0.25) is 0 Å². The van der Waals surface area contributed by atoms with Gasteiger partial charge >= 0.3 is 0 Å². The van der Waals surface area contributed by atoms with Crippen LogP contribution in [0, 0.1) is 11.6 Å². The van der Waals surface area contributed by atoms with Crippen molar-refractivity contribution < 1.29 is 18.6 Å². The molecule has 2 nitrogen and oxygen atoms in total. The summed E-state index contributed by atoms with van der Waals surface area (Å²) in [7, 11) is 0. The lowest BCUT2D eigenvalue weighted by Crippen LogP contribution is -2.19. The van der Waals surface area contributed by atoms with Gasteiger partial charge < -0.3 is 9.84 Å². The van der Waals surface area contributed by atoms with Crippen LogP contribution >= 0.6 is 0 Å². The monoisotopic (exact) mass is 290 g/mol. The Labute approximate surface area is 122 Å². The summed E-state index contributed by atoms with van der Waals surface area (Å²) in [5, 5.41) is 9.55. The van der Waals surface area contributed by atoms with Gasteiger partial charge in [-0.3, -0.25) is 0 Å². The second kappa shape index (κ2) is 5.82. The Bertz CT molecular complexity index is 642. The van der Waals surface area contributed by atoms with Crippen LogP contribution in [0.15, 0.2) is 42.5 Å². The number of rotatable bonds is 4. The number of hydrogen-bond donors (Lipinski definition) is 1. The average molecular weight is 290 g/mol. The summed E-state index contributed by atoms with van der Waals surface area (Å²) in [6.07, 6.45) is 1.05. The topological polar surface area (TPSA) is 29.5 Å². The van der Waals surface area contributed by atoms with Gasteiger partial charge in [0, 0.05) is 17.9 Å². The van der Waals surface area contributed by atoms with Crippen LogP contribution < -0.4 is 4.74 Å². The molecular formula is C17H16F2O2. The van der Waals surface area contributed by atoms with Crippen LogP contribution in [0.4, 0.5) is 8.78 Å². The minimum absolute atomic E-state index is 0.0754. The van der Waals surface area contributed by atoms with E-state index in [0.29, 0.717) is 18.6 Å². The maximum Gasteiger partial charge on any atom is 0.123 e. The number of benzene rings is 2. The van der Waals surface area contributed by atoms with E-state index in [1.54, 1.807) is 18.2 Å². The third kappa shape index (κ3) is 3.05. The Morgan fingerprint density at radius 3 is 2.71 bits per heavy atom. The molecular weight excluding hydrogens is 274 g/mol. The average Bonchev–Trinajstić information content (AvgIpc) is 2.86. The SMILES string of the molecule is OCC(CC1Cc2cc(F)ccc2O1)c1cccc(F)c1. The van der Waals surface area contributed by atoms with Crippen molar-refractivity contribution in [3.8, 4) is 5.75 Å². The van der Waals surface area contributed by atoms with E-state index in [1.807, 2.05) is 0 Å². The van der Waals surface area contributed by atoms with Crippen molar-refractivity contribution in [1.82, 2.24) is 0 Å². The fourth-order valence-corrected chi connectivity index (χ4v) is 2.81. The number of aliphatic hydroxyl groups is 1. The van der Waals surface area contributed by atoms with Gasteiger partial charge in [-0.2, -0.15) is 0 Å². The first-order valence-corrected chi connectivity index (χ1v) is 6.97. The summed E-state index contributed by atoms with van der Waals surface area (Å²) in [6, 6.07) is 10.7. The molecule has 1 aliphatic heterocycles. The molecule has 2 aromatic carbocycles. The van der Waals surface area contributed by atoms with E-state index >= 15 is 0 Å². The molecule has 21 heavy (non-hydrogen) atoms. The number of fused-ring (bicyclic) bond motifs is 1. The molecule has 1 heterocycles. The van der Waals surface area contributed by atoms with Gasteiger partial charge in [-0.05, 0) is 42.3 Å². The molecule has 0 bridgehead atoms. The van der Waals surface area contributed by atoms with E-state index in [1.165, 1.54) is 24.3 Å². The lowest BCUT2D eigenvalue weighted by Gasteiger charge is -2.19. The van der Waals surface area contributed by atoms with Gasteiger partial charge in [-0.25, -0.2) is 8.78 Å². The molecule has 3 rings (SSSR count). The Balaban J connectivity index is 1.72. The summed E-state index contributed by atoms with van der Waals surface area (Å²) < 4.78 is 32.2. The Hall–Kier alpha value is -1.94. The first kappa shape index (κ1) is 14.0. The molecule has 0 aromatic heterocycles. The normalized spacial score (nSPS) is 18.1. The largest absolute Gasteiger partial charge is 0.490 e. The molecule has 0 spiro atoms. The zero-order valence-corrected chi connectivity index (χ0v) is 11.4. The number of ether oxygens (including phenoxy) is 1. The number of aliphatic hydroxyl groups excluding tert-OH is 1. The van der Waals surface area contributed by atoms with E-state index in [9.17, 15) is 13.9 Å². The minimum atomic E-state index is -0.316. The Morgan fingerprint density at radius 2 is 1.95 bits per heavy atom. The van der Waals surface area contributed by atoms with Crippen LogP contribution in [0.25, 0.3) is 0 Å². The smallest absolute Gasteiger partial charge is 0.123 e. The molecule has 0 fully saturated rings. The maximum absolute atomic E-state index is 13.3. The van der Waals surface area contributed by atoms with Crippen LogP contribution in [-0.2, 0) is 6.42 Å². The highest BCUT2D eigenvalue weighted by molar-refractivity contribution is 5.38. The van der Waals surface area contributed by atoms with Crippen LogP contribution in [0.3, 0.4) is 0 Å². The zero-order valence-electron chi connectivity index (χ0n) is 11.4. The standard InChI is InChI=1S/C17H16F2O2/c18-14-3-1-2-11(6-14)13(10-20)9-16-8-12-7-15(19)4-5-17(12)21-16/h1-7,13,16,20H,8-10H2. The zero-order chi connectivity index (χ0) is 14.8. The van der Waals surface area contributed by atoms with Gasteiger partial charge in [0.05, 0.1) is 6.61 Å². The molecule has 1 aliphatic rings. The third-order valence-electron chi connectivity index (χ3n) is 3.85. The fourth-order valence-electron chi connectivity index (χ4n) is 2.81. The first-order valence-electron chi connectivity index (χ1n) is 6.97. The Kier molecular flexibility index (Phi) is 3.88. The van der Waals surface area contributed by atoms with E-state index in [4.69, 9.17) is 4.74 Å². The van der Waals surface area contributed by atoms with Crippen molar-refractivity contribution in [2.24, 2.45) is 0 Å². The molecule has 1 N–H and O–H groups in total. The minimum Gasteiger partial charge on any atom is -0.490 e. The summed E-state index contributed by atoms with van der Waals surface area (Å²) in [6.45, 7) is -0.0754. The molecule has 0 amide bonds. The fraction of sp³-hybridized carbons (Fsp3) is 0.294. The molecule has 0 saturated heterocycles. The van der Waals surface area contributed by atoms with Crippen LogP contribution in [-0.4, -0.2) is 17.8 Å². The quantitative estimate of drug-likeness (QED) is 0.934. The molecule has 2 atom stereocenters. The van der Waals surface area contributed by atoms with Crippen LogP contribution in [0.5, 0.6) is 5.75 Å². The third-order valence-corrected chi connectivity index (χ3v) is 3.85. The highest BCUT2D eigenvalue weighted by Gasteiger charge is 2.26. The summed E-state index contributed by atoms with van der Waals surface area (Å²) in [5.74, 6) is -0.0901. The molecule has 2 aromatic rings. The second-order valence-corrected chi connectivity index (χ2v) is 5.37. The summed E-state index contributed by atoms with van der Waals surface area (Å²) >= 11 is 0. The van der Waals surface area contributed by atoms with E-state index in [2.05, 4.69) is 0 Å². The first-order chi connectivity index (χ1) is 10.2. The predicted octanol–water partition coefficient (Wildman–Crippen LogP) is 3.43. The van der Waals surface area contributed by atoms with Gasteiger partial charge in [0.15, 0.2) is 0 Å². The van der Waals surface area contributed by atoms with Gasteiger partial charge in [0.25, 0.3) is 0 Å². The summed E-state index contributed by atoms with van der Waals surface area (Å²) in [4.78, 5) is 0. The molecule has 0 aliphatic carbocycles. The lowest BCUT2D eigenvalue weighted by molar-refractivity contribution is 0.179. The van der Waals surface area contributed by atoms with Crippen molar-refractivity contribution in [3.05, 3.63) is 65.2 Å². The molecule has 2 unspecified atom stereocenters. The molecule has 110 valence electrons. The molecule has 4 heteroatoms.